The number of carbonyl (C=O) groups is 1. The lowest BCUT2D eigenvalue weighted by Crippen LogP contribution is -2.38. The van der Waals surface area contributed by atoms with Crippen LogP contribution >= 0.6 is 24.0 Å². The predicted molar refractivity (Wildman–Crippen MR) is 135 cm³/mol. The summed E-state index contributed by atoms with van der Waals surface area (Å²) in [6, 6.07) is 5.88. The Morgan fingerprint density at radius 1 is 1.19 bits per heavy atom. The molecule has 1 aromatic rings. The highest BCUT2D eigenvalue weighted by Gasteiger charge is 2.22. The van der Waals surface area contributed by atoms with Gasteiger partial charge < -0.3 is 30.7 Å². The van der Waals surface area contributed by atoms with E-state index < -0.39 is 0 Å². The molecule has 9 heteroatoms. The van der Waals surface area contributed by atoms with Crippen LogP contribution in [0.3, 0.4) is 0 Å². The minimum atomic E-state index is -0.152. The zero-order chi connectivity index (χ0) is 21.2. The summed E-state index contributed by atoms with van der Waals surface area (Å²) in [6.45, 7) is 7.95. The summed E-state index contributed by atoms with van der Waals surface area (Å²) in [5, 5.41) is 6.65. The number of likely N-dealkylation sites (tertiary alicyclic amines) is 1. The number of rotatable bonds is 8. The third-order valence-corrected chi connectivity index (χ3v) is 5.50. The molecule has 1 amide bonds. The number of nitrogens with zero attached hydrogens (tertiary/aromatic N) is 2. The number of hydrogen-bond donors (Lipinski definition) is 3. The number of piperidine rings is 1. The monoisotopic (exact) mass is 545 g/mol. The number of carbonyl (C=O) groups excluding carboxylic acids is 1. The third-order valence-electron chi connectivity index (χ3n) is 5.50. The van der Waals surface area contributed by atoms with Crippen molar-refractivity contribution in [2.45, 2.75) is 39.0 Å². The number of fused-ring (bicyclic) bond motifs is 1. The second kappa shape index (κ2) is 13.6. The lowest BCUT2D eigenvalue weighted by molar-refractivity contribution is -0.123. The number of primary amides is 1. The van der Waals surface area contributed by atoms with E-state index in [9.17, 15) is 4.79 Å². The van der Waals surface area contributed by atoms with E-state index in [2.05, 4.69) is 22.5 Å². The van der Waals surface area contributed by atoms with Crippen LogP contribution in [-0.4, -0.2) is 62.7 Å². The first-order valence-corrected chi connectivity index (χ1v) is 11.1. The maximum atomic E-state index is 11.3. The highest BCUT2D eigenvalue weighted by atomic mass is 127. The van der Waals surface area contributed by atoms with Gasteiger partial charge in [0.2, 0.25) is 5.91 Å². The molecule has 1 saturated heterocycles. The van der Waals surface area contributed by atoms with Crippen molar-refractivity contribution < 1.29 is 14.3 Å². The molecule has 1 fully saturated rings. The fraction of sp³-hybridized carbons (Fsp3) is 0.636. The number of amides is 1. The maximum absolute atomic E-state index is 11.3. The van der Waals surface area contributed by atoms with Gasteiger partial charge in [-0.2, -0.15) is 0 Å². The van der Waals surface area contributed by atoms with E-state index >= 15 is 0 Å². The summed E-state index contributed by atoms with van der Waals surface area (Å²) in [5.74, 6) is 2.24. The molecule has 0 saturated carbocycles. The van der Waals surface area contributed by atoms with Gasteiger partial charge in [-0.3, -0.25) is 9.79 Å². The van der Waals surface area contributed by atoms with Gasteiger partial charge in [0.15, 0.2) is 17.5 Å². The number of nitrogens with two attached hydrogens (primary N) is 1. The SMILES string of the molecule is CCNC(=NCCCCN1CCC(C(N)=O)CC1)Nc1ccc2c(c1)OCCCO2.I. The number of nitrogens with one attached hydrogen (secondary N) is 2. The van der Waals surface area contributed by atoms with Crippen LogP contribution in [0.2, 0.25) is 0 Å². The van der Waals surface area contributed by atoms with Crippen molar-refractivity contribution >= 4 is 41.5 Å². The van der Waals surface area contributed by atoms with Gasteiger partial charge in [-0.25, -0.2) is 0 Å². The Morgan fingerprint density at radius 3 is 2.65 bits per heavy atom. The molecule has 2 aliphatic heterocycles. The summed E-state index contributed by atoms with van der Waals surface area (Å²) in [7, 11) is 0. The van der Waals surface area contributed by atoms with Gasteiger partial charge in [0.05, 0.1) is 13.2 Å². The Kier molecular flexibility index (Phi) is 11.2. The Hall–Kier alpha value is -1.75. The van der Waals surface area contributed by atoms with Crippen LogP contribution in [0.4, 0.5) is 5.69 Å². The molecule has 0 radical (unpaired) electrons. The summed E-state index contributed by atoms with van der Waals surface area (Å²) in [4.78, 5) is 18.4. The molecular formula is C22H36IN5O3. The van der Waals surface area contributed by atoms with Crippen molar-refractivity contribution in [1.29, 1.82) is 0 Å². The maximum Gasteiger partial charge on any atom is 0.220 e. The fourth-order valence-electron chi connectivity index (χ4n) is 3.76. The topological polar surface area (TPSA) is 101 Å². The molecule has 0 unspecified atom stereocenters. The van der Waals surface area contributed by atoms with Crippen molar-refractivity contribution in [2.24, 2.45) is 16.6 Å². The van der Waals surface area contributed by atoms with Crippen LogP contribution in [0, 0.1) is 5.92 Å². The predicted octanol–water partition coefficient (Wildman–Crippen LogP) is 2.82. The van der Waals surface area contributed by atoms with E-state index in [0.717, 1.165) is 88.0 Å². The molecule has 2 aliphatic rings. The van der Waals surface area contributed by atoms with E-state index in [0.29, 0.717) is 13.2 Å². The lowest BCUT2D eigenvalue weighted by atomic mass is 9.96. The molecule has 0 aromatic heterocycles. The van der Waals surface area contributed by atoms with Crippen LogP contribution in [0.15, 0.2) is 23.2 Å². The average Bonchev–Trinajstić information content (AvgIpc) is 2.99. The quantitative estimate of drug-likeness (QED) is 0.201. The first-order valence-electron chi connectivity index (χ1n) is 11.1. The largest absolute Gasteiger partial charge is 0.490 e. The molecule has 4 N–H and O–H groups in total. The van der Waals surface area contributed by atoms with Crippen LogP contribution in [0.25, 0.3) is 0 Å². The number of ether oxygens (including phenoxy) is 2. The zero-order valence-electron chi connectivity index (χ0n) is 18.4. The van der Waals surface area contributed by atoms with Crippen molar-refractivity contribution in [1.82, 2.24) is 10.2 Å². The van der Waals surface area contributed by atoms with E-state index in [1.165, 1.54) is 0 Å². The Bertz CT molecular complexity index is 723. The minimum absolute atomic E-state index is 0. The molecule has 0 spiro atoms. The van der Waals surface area contributed by atoms with Gasteiger partial charge in [-0.05, 0) is 64.4 Å². The van der Waals surface area contributed by atoms with Crippen LogP contribution < -0.4 is 25.8 Å². The summed E-state index contributed by atoms with van der Waals surface area (Å²) < 4.78 is 11.5. The number of unbranched alkanes of at least 4 members (excludes halogenated alkanes) is 1. The highest BCUT2D eigenvalue weighted by Crippen LogP contribution is 2.32. The zero-order valence-corrected chi connectivity index (χ0v) is 20.7. The molecule has 0 aliphatic carbocycles. The van der Waals surface area contributed by atoms with E-state index in [1.54, 1.807) is 0 Å². The molecule has 31 heavy (non-hydrogen) atoms. The first kappa shape index (κ1) is 25.5. The van der Waals surface area contributed by atoms with Crippen LogP contribution in [0.1, 0.15) is 39.0 Å². The van der Waals surface area contributed by atoms with Gasteiger partial charge in [-0.15, -0.1) is 24.0 Å². The molecular weight excluding hydrogens is 509 g/mol. The second-order valence-corrected chi connectivity index (χ2v) is 7.82. The first-order chi connectivity index (χ1) is 14.7. The van der Waals surface area contributed by atoms with Gasteiger partial charge in [0.25, 0.3) is 0 Å². The average molecular weight is 545 g/mol. The molecule has 174 valence electrons. The molecule has 8 nitrogen and oxygen atoms in total. The molecule has 1 aromatic carbocycles. The van der Waals surface area contributed by atoms with Crippen LogP contribution in [-0.2, 0) is 4.79 Å². The number of benzene rings is 1. The molecule has 0 bridgehead atoms. The number of anilines is 1. The number of hydrogen-bond acceptors (Lipinski definition) is 5. The van der Waals surface area contributed by atoms with Gasteiger partial charge >= 0.3 is 0 Å². The van der Waals surface area contributed by atoms with E-state index in [1.807, 2.05) is 18.2 Å². The third kappa shape index (κ3) is 8.36. The molecule has 0 atom stereocenters. The van der Waals surface area contributed by atoms with Gasteiger partial charge in [0, 0.05) is 37.2 Å². The number of aliphatic imine (C=N–C) groups is 1. The normalized spacial score (nSPS) is 17.4. The molecule has 3 rings (SSSR count). The fourth-order valence-corrected chi connectivity index (χ4v) is 3.76. The second-order valence-electron chi connectivity index (χ2n) is 7.82. The Balaban J connectivity index is 0.00000341. The van der Waals surface area contributed by atoms with E-state index in [-0.39, 0.29) is 35.8 Å². The smallest absolute Gasteiger partial charge is 0.220 e. The van der Waals surface area contributed by atoms with Crippen molar-refractivity contribution in [3.8, 4) is 11.5 Å². The Labute approximate surface area is 202 Å². The van der Waals surface area contributed by atoms with Crippen molar-refractivity contribution in [3.63, 3.8) is 0 Å². The van der Waals surface area contributed by atoms with Gasteiger partial charge in [0.1, 0.15) is 0 Å². The van der Waals surface area contributed by atoms with E-state index in [4.69, 9.17) is 20.2 Å². The molecule has 2 heterocycles. The Morgan fingerprint density at radius 2 is 1.94 bits per heavy atom. The van der Waals surface area contributed by atoms with Crippen molar-refractivity contribution in [2.75, 3.05) is 51.3 Å². The standard InChI is InChI=1S/C22H35N5O3.HI/c1-2-24-22(26-18-6-7-19-20(16-18)30-15-5-14-29-19)25-10-3-4-11-27-12-8-17(9-13-27)21(23)28;/h6-7,16-17H,2-5,8-15H2,1H3,(H2,23,28)(H2,24,25,26);1H. The highest BCUT2D eigenvalue weighted by molar-refractivity contribution is 14.0. The van der Waals surface area contributed by atoms with Crippen molar-refractivity contribution in [3.05, 3.63) is 18.2 Å². The number of guanidine groups is 1. The number of halogens is 1. The summed E-state index contributed by atoms with van der Waals surface area (Å²) in [5.41, 5.74) is 6.33. The van der Waals surface area contributed by atoms with Crippen LogP contribution in [0.5, 0.6) is 11.5 Å². The summed E-state index contributed by atoms with van der Waals surface area (Å²) in [6.07, 6.45) is 4.78. The lowest BCUT2D eigenvalue weighted by Gasteiger charge is -2.30. The summed E-state index contributed by atoms with van der Waals surface area (Å²) >= 11 is 0. The van der Waals surface area contributed by atoms with Gasteiger partial charge in [-0.1, -0.05) is 0 Å². The minimum Gasteiger partial charge on any atom is -0.490 e.